The molecule has 0 radical (unpaired) electrons. The number of nitrogens with zero attached hydrogens (tertiary/aromatic N) is 3. The van der Waals surface area contributed by atoms with E-state index in [4.69, 9.17) is 5.14 Å². The molecule has 1 aromatic rings. The van der Waals surface area contributed by atoms with Crippen molar-refractivity contribution in [3.05, 3.63) is 11.6 Å². The maximum atomic E-state index is 11.0. The van der Waals surface area contributed by atoms with Crippen LogP contribution in [0.3, 0.4) is 0 Å². The topological polar surface area (TPSA) is 103 Å². The van der Waals surface area contributed by atoms with Crippen LogP contribution in [0.1, 0.15) is 43.9 Å². The van der Waals surface area contributed by atoms with E-state index in [0.29, 0.717) is 5.82 Å². The smallest absolute Gasteiger partial charge is 0.275 e. The van der Waals surface area contributed by atoms with Crippen LogP contribution in [-0.4, -0.2) is 23.2 Å². The maximum absolute atomic E-state index is 11.0. The largest absolute Gasteiger partial charge is 0.314 e. The molecular formula is C9H17N5O2S. The summed E-state index contributed by atoms with van der Waals surface area (Å²) in [5, 5.41) is 13.1. The zero-order valence-corrected chi connectivity index (χ0v) is 10.6. The lowest BCUT2D eigenvalue weighted by Gasteiger charge is -2.13. The predicted octanol–water partition coefficient (Wildman–Crippen LogP) is -0.141. The summed E-state index contributed by atoms with van der Waals surface area (Å²) in [6.45, 7) is 2.56. The molecule has 0 fully saturated rings. The van der Waals surface area contributed by atoms with Crippen molar-refractivity contribution in [1.82, 2.24) is 19.5 Å². The van der Waals surface area contributed by atoms with Gasteiger partial charge in [-0.15, -0.1) is 10.2 Å². The number of rotatable bonds is 3. The summed E-state index contributed by atoms with van der Waals surface area (Å²) in [6, 6.07) is -0.454. The van der Waals surface area contributed by atoms with E-state index in [1.165, 1.54) is 6.42 Å². The minimum atomic E-state index is -3.72. The Hall–Kier alpha value is -0.990. The summed E-state index contributed by atoms with van der Waals surface area (Å²) < 4.78 is 26.3. The lowest BCUT2D eigenvalue weighted by Crippen LogP contribution is -2.34. The number of hydrogen-bond donors (Lipinski definition) is 2. The van der Waals surface area contributed by atoms with Crippen LogP contribution in [0.4, 0.5) is 0 Å². The number of aryl methyl sites for hydroxylation is 1. The zero-order valence-electron chi connectivity index (χ0n) is 9.76. The fourth-order valence-corrected chi connectivity index (χ4v) is 2.73. The Morgan fingerprint density at radius 3 is 2.82 bits per heavy atom. The number of nitrogens with two attached hydrogens (primary N) is 1. The Kier molecular flexibility index (Phi) is 3.45. The molecule has 1 aliphatic heterocycles. The molecule has 0 amide bonds. The summed E-state index contributed by atoms with van der Waals surface area (Å²) in [4.78, 5) is 0. The van der Waals surface area contributed by atoms with Crippen molar-refractivity contribution in [2.75, 3.05) is 0 Å². The molecule has 17 heavy (non-hydrogen) atoms. The van der Waals surface area contributed by atoms with E-state index in [2.05, 4.69) is 14.9 Å². The molecule has 1 unspecified atom stereocenters. The SMILES string of the molecule is CC(NS(N)(=O)=O)c1nnc2n1CCCCC2. The molecular weight excluding hydrogens is 242 g/mol. The van der Waals surface area contributed by atoms with E-state index < -0.39 is 16.3 Å². The van der Waals surface area contributed by atoms with Gasteiger partial charge in [0, 0.05) is 13.0 Å². The van der Waals surface area contributed by atoms with Crippen LogP contribution in [-0.2, 0) is 23.2 Å². The van der Waals surface area contributed by atoms with Crippen LogP contribution in [0.5, 0.6) is 0 Å². The van der Waals surface area contributed by atoms with Gasteiger partial charge in [-0.1, -0.05) is 6.42 Å². The van der Waals surface area contributed by atoms with Gasteiger partial charge in [0.05, 0.1) is 6.04 Å². The Labute approximate surface area is 101 Å². The van der Waals surface area contributed by atoms with E-state index >= 15 is 0 Å². The molecule has 0 aromatic carbocycles. The fraction of sp³-hybridized carbons (Fsp3) is 0.778. The maximum Gasteiger partial charge on any atom is 0.275 e. The molecule has 1 aromatic heterocycles. The molecule has 0 saturated carbocycles. The third-order valence-electron chi connectivity index (χ3n) is 2.87. The van der Waals surface area contributed by atoms with Gasteiger partial charge in [-0.25, -0.2) is 5.14 Å². The molecule has 1 aliphatic rings. The summed E-state index contributed by atoms with van der Waals surface area (Å²) >= 11 is 0. The van der Waals surface area contributed by atoms with E-state index in [9.17, 15) is 8.42 Å². The fourth-order valence-electron chi connectivity index (χ4n) is 2.13. The highest BCUT2D eigenvalue weighted by molar-refractivity contribution is 7.87. The molecule has 7 nitrogen and oxygen atoms in total. The van der Waals surface area contributed by atoms with E-state index in [1.807, 2.05) is 4.57 Å². The van der Waals surface area contributed by atoms with Gasteiger partial charge in [0.15, 0.2) is 5.82 Å². The van der Waals surface area contributed by atoms with Crippen molar-refractivity contribution in [3.8, 4) is 0 Å². The van der Waals surface area contributed by atoms with Crippen LogP contribution in [0.25, 0.3) is 0 Å². The van der Waals surface area contributed by atoms with Crippen molar-refractivity contribution >= 4 is 10.2 Å². The Morgan fingerprint density at radius 2 is 2.12 bits per heavy atom. The molecule has 8 heteroatoms. The molecule has 96 valence electrons. The Bertz CT molecular complexity index is 495. The summed E-state index contributed by atoms with van der Waals surface area (Å²) in [5.41, 5.74) is 0. The van der Waals surface area contributed by atoms with E-state index in [1.54, 1.807) is 6.92 Å². The number of aromatic nitrogens is 3. The second-order valence-corrected chi connectivity index (χ2v) is 5.65. The number of hydrogen-bond acceptors (Lipinski definition) is 4. The van der Waals surface area contributed by atoms with Gasteiger partial charge in [-0.3, -0.25) is 0 Å². The molecule has 2 rings (SSSR count). The highest BCUT2D eigenvalue weighted by atomic mass is 32.2. The molecule has 1 atom stereocenters. The number of nitrogens with one attached hydrogen (secondary N) is 1. The normalized spacial score (nSPS) is 18.5. The van der Waals surface area contributed by atoms with Crippen molar-refractivity contribution in [2.45, 2.75) is 45.2 Å². The van der Waals surface area contributed by atoms with Crippen LogP contribution in [0.15, 0.2) is 0 Å². The van der Waals surface area contributed by atoms with Crippen molar-refractivity contribution < 1.29 is 8.42 Å². The summed E-state index contributed by atoms with van der Waals surface area (Å²) in [5.74, 6) is 1.57. The minimum absolute atomic E-state index is 0.454. The second kappa shape index (κ2) is 4.71. The van der Waals surface area contributed by atoms with Gasteiger partial charge in [0.1, 0.15) is 5.82 Å². The van der Waals surface area contributed by atoms with Gasteiger partial charge in [0.25, 0.3) is 10.2 Å². The van der Waals surface area contributed by atoms with Crippen molar-refractivity contribution in [3.63, 3.8) is 0 Å². The first-order valence-corrected chi connectivity index (χ1v) is 7.24. The van der Waals surface area contributed by atoms with E-state index in [0.717, 1.165) is 31.6 Å². The molecule has 0 bridgehead atoms. The van der Waals surface area contributed by atoms with Gasteiger partial charge < -0.3 is 4.57 Å². The minimum Gasteiger partial charge on any atom is -0.314 e. The lowest BCUT2D eigenvalue weighted by molar-refractivity contribution is 0.535. The molecule has 0 saturated heterocycles. The Morgan fingerprint density at radius 1 is 1.35 bits per heavy atom. The average molecular weight is 259 g/mol. The lowest BCUT2D eigenvalue weighted by atomic mass is 10.2. The second-order valence-electron chi connectivity index (χ2n) is 4.32. The quantitative estimate of drug-likeness (QED) is 0.788. The van der Waals surface area contributed by atoms with Gasteiger partial charge in [-0.05, 0) is 19.8 Å². The van der Waals surface area contributed by atoms with Gasteiger partial charge in [0.2, 0.25) is 0 Å². The van der Waals surface area contributed by atoms with Crippen LogP contribution < -0.4 is 9.86 Å². The van der Waals surface area contributed by atoms with Gasteiger partial charge >= 0.3 is 0 Å². The standard InChI is InChI=1S/C9H17N5O2S/c1-7(13-17(10,15)16)9-12-11-8-5-3-2-4-6-14(8)9/h7,13H,2-6H2,1H3,(H2,10,15,16). The molecule has 0 aliphatic carbocycles. The van der Waals surface area contributed by atoms with Crippen LogP contribution in [0.2, 0.25) is 0 Å². The molecule has 2 heterocycles. The Balaban J connectivity index is 2.24. The monoisotopic (exact) mass is 259 g/mol. The van der Waals surface area contributed by atoms with Crippen LogP contribution in [0, 0.1) is 0 Å². The highest BCUT2D eigenvalue weighted by Crippen LogP contribution is 2.18. The first kappa shape index (κ1) is 12.5. The van der Waals surface area contributed by atoms with E-state index in [-0.39, 0.29) is 0 Å². The summed E-state index contributed by atoms with van der Waals surface area (Å²) in [7, 11) is -3.72. The first-order valence-electron chi connectivity index (χ1n) is 5.69. The van der Waals surface area contributed by atoms with Crippen LogP contribution >= 0.6 is 0 Å². The van der Waals surface area contributed by atoms with Crippen molar-refractivity contribution in [1.29, 1.82) is 0 Å². The molecule has 0 spiro atoms. The average Bonchev–Trinajstić information content (AvgIpc) is 2.46. The highest BCUT2D eigenvalue weighted by Gasteiger charge is 2.21. The molecule has 3 N–H and O–H groups in total. The first-order chi connectivity index (χ1) is 7.97. The third kappa shape index (κ3) is 3.02. The third-order valence-corrected chi connectivity index (χ3v) is 3.55. The predicted molar refractivity (Wildman–Crippen MR) is 62.2 cm³/mol. The number of fused-ring (bicyclic) bond motifs is 1. The zero-order chi connectivity index (χ0) is 12.5. The van der Waals surface area contributed by atoms with Crippen molar-refractivity contribution in [2.24, 2.45) is 5.14 Å². The van der Waals surface area contributed by atoms with Gasteiger partial charge in [-0.2, -0.15) is 13.1 Å². The summed E-state index contributed by atoms with van der Waals surface area (Å²) in [6.07, 6.45) is 4.24.